The van der Waals surface area contributed by atoms with Gasteiger partial charge in [0.05, 0.1) is 18.7 Å². The molecule has 11 unspecified atom stereocenters. The van der Waals surface area contributed by atoms with Gasteiger partial charge in [0.25, 0.3) is 5.91 Å². The van der Waals surface area contributed by atoms with Crippen molar-refractivity contribution in [2.45, 2.75) is 203 Å². The van der Waals surface area contributed by atoms with E-state index in [0.29, 0.717) is 78.1 Å². The number of nitrogens with zero attached hydrogens (tertiary/aromatic N) is 4. The first-order valence-electron chi connectivity index (χ1n) is 40.1. The van der Waals surface area contributed by atoms with E-state index < -0.39 is 156 Å². The predicted molar refractivity (Wildman–Crippen MR) is 440 cm³/mol. The van der Waals surface area contributed by atoms with Gasteiger partial charge in [-0.15, -0.1) is 0 Å². The number of halogens is 1. The van der Waals surface area contributed by atoms with E-state index in [1.807, 2.05) is 64.1 Å². The molecule has 11 atom stereocenters. The lowest BCUT2D eigenvalue weighted by Gasteiger charge is -2.33. The Kier molecular flexibility index (Phi) is 36.2. The number of aromatic nitrogens is 2. The number of amides is 13. The van der Waals surface area contributed by atoms with E-state index in [2.05, 4.69) is 68.5 Å². The van der Waals surface area contributed by atoms with E-state index in [-0.39, 0.29) is 95.0 Å². The number of phenolic OH excluding ortho intramolecular Hbond substituents is 1. The molecule has 118 heavy (non-hydrogen) atoms. The number of benzene rings is 4. The summed E-state index contributed by atoms with van der Waals surface area (Å²) in [5.74, 6) is -10.3. The SMILES string of the molecule is CC(C)CC(NC(=O)C(CCCCNC(=O)c1cccnc1)NC(=O)C(Cc1ccc(O)cc1)N(C)C(=O)C(CO)NC(=O)C(Cc1cccnc1)NC(=O)C(Cc1ccc(Cl)cc1)NC(=O)C(Cc1ccc2ccccc2c1)NC(=O)CNC(=O)C1CCCO1)C(=O)NC(CCCCNC(C)C)C(=O)N1CCCC1C(=O)NC(C)C(N)=O. The molecule has 0 aliphatic carbocycles. The number of likely N-dealkylation sites (N-methyl/N-ethyl adjacent to an activating group) is 1. The Morgan fingerprint density at radius 1 is 0.559 bits per heavy atom. The van der Waals surface area contributed by atoms with Gasteiger partial charge < -0.3 is 89.0 Å². The summed E-state index contributed by atoms with van der Waals surface area (Å²) in [6.07, 6.45) is 7.59. The number of rotatable bonds is 45. The fraction of sp³-hybridized carbons (Fsp3) is 0.471. The third-order valence-corrected chi connectivity index (χ3v) is 20.7. The normalized spacial score (nSPS) is 16.1. The molecule has 2 saturated heterocycles. The number of nitrogens with two attached hydrogens (primary N) is 1. The Morgan fingerprint density at radius 2 is 1.13 bits per heavy atom. The maximum absolute atomic E-state index is 15.4. The molecule has 4 heterocycles. The number of likely N-dealkylation sites (tertiary alicyclic amines) is 1. The van der Waals surface area contributed by atoms with Crippen LogP contribution in [0.2, 0.25) is 5.02 Å². The quantitative estimate of drug-likeness (QED) is 0.0244. The lowest BCUT2D eigenvalue weighted by atomic mass is 9.99. The largest absolute Gasteiger partial charge is 0.508 e. The van der Waals surface area contributed by atoms with Gasteiger partial charge >= 0.3 is 0 Å². The van der Waals surface area contributed by atoms with E-state index >= 15 is 24.0 Å². The number of fused-ring (bicyclic) bond motifs is 1. The Hall–Kier alpha value is -11.5. The molecule has 2 aliphatic rings. The number of unbranched alkanes of at least 4 members (excludes halogenated alkanes) is 2. The zero-order chi connectivity index (χ0) is 85.4. The summed E-state index contributed by atoms with van der Waals surface area (Å²) in [7, 11) is 1.23. The van der Waals surface area contributed by atoms with Gasteiger partial charge in [0, 0.05) is 88.3 Å². The second-order valence-corrected chi connectivity index (χ2v) is 31.0. The Bertz CT molecular complexity index is 4390. The highest BCUT2D eigenvalue weighted by molar-refractivity contribution is 6.30. The third kappa shape index (κ3) is 29.0. The molecular weight excluding hydrogens is 1540 g/mol. The highest BCUT2D eigenvalue weighted by atomic mass is 35.5. The summed E-state index contributed by atoms with van der Waals surface area (Å²) in [6, 6.07) is 17.8. The average Bonchev–Trinajstić information content (AvgIpc) is 1.44. The molecule has 4 aromatic carbocycles. The molecule has 2 aliphatic heterocycles. The zero-order valence-corrected chi connectivity index (χ0v) is 68.2. The standard InChI is InChI=1S/C85H111ClN16O16/c1-51(2)41-65(77(109)96-64(22-10-11-37-90-52(3)4)85(117)102-39-15-23-70(102)81(113)93-53(5)74(87)106)97-76(108)63(21-9-12-38-91-75(107)60-20-14-36-89-48-60)95-82(114)71(46-55-28-33-62(104)34-29-55)101(6)84(116)69(50-103)100-80(112)68(45-57-17-13-35-88-47-57)99-79(111)67(43-54-26-31-61(86)32-27-54)98-78(110)66(44-56-25-30-58-18-7-8-19-59(58)42-56)94-73(105)49-92-83(115)72-24-16-40-118-72/h7-8,13-14,17-20,25-36,42,47-48,51-53,63-72,90,103-104H,9-12,15-16,21-24,37-41,43-46,49-50H2,1-6H3,(H2,87,106)(H,91,107)(H,92,115)(H,93,113)(H,94,105)(H,95,114)(H,96,109)(H,97,108)(H,98,110)(H,99,111)(H,100,112). The van der Waals surface area contributed by atoms with Crippen LogP contribution < -0.4 is 64.2 Å². The minimum Gasteiger partial charge on any atom is -0.508 e. The number of aliphatic hydroxyl groups excluding tert-OH is 1. The van der Waals surface area contributed by atoms with Gasteiger partial charge in [-0.2, -0.15) is 0 Å². The van der Waals surface area contributed by atoms with E-state index in [9.17, 15) is 48.6 Å². The minimum atomic E-state index is -1.86. The second-order valence-electron chi connectivity index (χ2n) is 30.6. The number of carbonyl (C=O) groups excluding carboxylic acids is 13. The van der Waals surface area contributed by atoms with Crippen LogP contribution >= 0.6 is 11.6 Å². The molecule has 13 amide bonds. The van der Waals surface area contributed by atoms with Crippen molar-refractivity contribution in [3.8, 4) is 5.75 Å². The van der Waals surface area contributed by atoms with Crippen molar-refractivity contribution in [3.63, 3.8) is 0 Å². The van der Waals surface area contributed by atoms with Crippen LogP contribution in [0, 0.1) is 5.92 Å². The number of aromatic hydroxyl groups is 1. The molecule has 15 N–H and O–H groups in total. The van der Waals surface area contributed by atoms with Crippen molar-refractivity contribution in [1.29, 1.82) is 0 Å². The number of aliphatic hydroxyl groups is 1. The van der Waals surface area contributed by atoms with Crippen molar-refractivity contribution in [2.75, 3.05) is 46.4 Å². The molecule has 2 aromatic heterocycles. The number of pyridine rings is 2. The number of phenols is 1. The number of primary amides is 1. The molecule has 2 fully saturated rings. The molecule has 0 bridgehead atoms. The summed E-state index contributed by atoms with van der Waals surface area (Å²) in [5, 5.41) is 54.5. The van der Waals surface area contributed by atoms with Crippen LogP contribution in [-0.4, -0.2) is 226 Å². The van der Waals surface area contributed by atoms with Gasteiger partial charge in [0.2, 0.25) is 70.9 Å². The molecule has 0 saturated carbocycles. The van der Waals surface area contributed by atoms with Crippen LogP contribution in [0.3, 0.4) is 0 Å². The maximum Gasteiger partial charge on any atom is 0.252 e. The van der Waals surface area contributed by atoms with E-state index in [4.69, 9.17) is 22.1 Å². The molecule has 0 spiro atoms. The molecule has 0 radical (unpaired) electrons. The molecule has 634 valence electrons. The van der Waals surface area contributed by atoms with Gasteiger partial charge in [-0.25, -0.2) is 0 Å². The van der Waals surface area contributed by atoms with Crippen LogP contribution in [0.1, 0.15) is 138 Å². The molecule has 32 nitrogen and oxygen atoms in total. The third-order valence-electron chi connectivity index (χ3n) is 20.4. The fourth-order valence-corrected chi connectivity index (χ4v) is 14.0. The molecule has 8 rings (SSSR count). The Morgan fingerprint density at radius 3 is 1.75 bits per heavy atom. The fourth-order valence-electron chi connectivity index (χ4n) is 13.9. The summed E-state index contributed by atoms with van der Waals surface area (Å²) in [4.78, 5) is 197. The van der Waals surface area contributed by atoms with Crippen LogP contribution in [-0.2, 0) is 88.0 Å². The van der Waals surface area contributed by atoms with Crippen LogP contribution in [0.4, 0.5) is 0 Å². The minimum absolute atomic E-state index is 0.0236. The topological polar surface area (TPSA) is 462 Å². The van der Waals surface area contributed by atoms with Crippen molar-refractivity contribution >= 4 is 99.2 Å². The number of nitrogens with one attached hydrogen (secondary N) is 11. The van der Waals surface area contributed by atoms with Crippen LogP contribution in [0.5, 0.6) is 5.75 Å². The van der Waals surface area contributed by atoms with Gasteiger partial charge in [-0.1, -0.05) is 112 Å². The molecule has 33 heteroatoms. The molecular formula is C85H111ClN16O16. The number of hydrogen-bond donors (Lipinski definition) is 14. The average molecular weight is 1650 g/mol. The van der Waals surface area contributed by atoms with Gasteiger partial charge in [-0.3, -0.25) is 72.3 Å². The summed E-state index contributed by atoms with van der Waals surface area (Å²) < 4.78 is 5.49. The first kappa shape index (κ1) is 92.0. The van der Waals surface area contributed by atoms with E-state index in [0.717, 1.165) is 15.7 Å². The lowest BCUT2D eigenvalue weighted by Crippen LogP contribution is -2.62. The van der Waals surface area contributed by atoms with E-state index in [1.54, 1.807) is 54.6 Å². The highest BCUT2D eigenvalue weighted by Crippen LogP contribution is 2.24. The lowest BCUT2D eigenvalue weighted by molar-refractivity contribution is -0.144. The summed E-state index contributed by atoms with van der Waals surface area (Å²) >= 11 is 6.31. The number of hydrogen-bond acceptors (Lipinski definition) is 19. The predicted octanol–water partition coefficient (Wildman–Crippen LogP) is 2.56. The Balaban J connectivity index is 1.06. The first-order valence-corrected chi connectivity index (χ1v) is 40.5. The zero-order valence-electron chi connectivity index (χ0n) is 67.5. The monoisotopic (exact) mass is 1650 g/mol. The summed E-state index contributed by atoms with van der Waals surface area (Å²) in [5.41, 5.74) is 7.70. The van der Waals surface area contributed by atoms with Crippen molar-refractivity contribution < 1.29 is 77.3 Å². The van der Waals surface area contributed by atoms with E-state index in [1.165, 1.54) is 67.9 Å². The van der Waals surface area contributed by atoms with Crippen molar-refractivity contribution in [2.24, 2.45) is 11.7 Å². The van der Waals surface area contributed by atoms with Gasteiger partial charge in [0.15, 0.2) is 0 Å². The maximum atomic E-state index is 15.4. The van der Waals surface area contributed by atoms with Crippen LogP contribution in [0.25, 0.3) is 10.8 Å². The molecule has 6 aromatic rings. The first-order chi connectivity index (χ1) is 56.5. The summed E-state index contributed by atoms with van der Waals surface area (Å²) in [6.45, 7) is 8.70. The number of carbonyl (C=O) groups is 13. The number of ether oxygens (including phenoxy) is 1. The Labute approximate surface area is 691 Å². The van der Waals surface area contributed by atoms with Crippen molar-refractivity contribution in [1.82, 2.24) is 78.3 Å². The van der Waals surface area contributed by atoms with Crippen LogP contribution in [0.15, 0.2) is 140 Å². The highest BCUT2D eigenvalue weighted by Gasteiger charge is 2.41. The van der Waals surface area contributed by atoms with Gasteiger partial charge in [-0.05, 0) is 166 Å². The smallest absolute Gasteiger partial charge is 0.252 e. The van der Waals surface area contributed by atoms with Gasteiger partial charge in [0.1, 0.15) is 72.3 Å². The van der Waals surface area contributed by atoms with Crippen molar-refractivity contribution in [3.05, 3.63) is 173 Å². The second kappa shape index (κ2) is 46.5.